The van der Waals surface area contributed by atoms with E-state index in [4.69, 9.17) is 34.7 Å². The Hall–Kier alpha value is -3.43. The van der Waals surface area contributed by atoms with Crippen LogP contribution in [0.2, 0.25) is 0 Å². The van der Waals surface area contributed by atoms with Gasteiger partial charge in [0.05, 0.1) is 25.9 Å². The third-order valence-electron chi connectivity index (χ3n) is 7.12. The van der Waals surface area contributed by atoms with Gasteiger partial charge in [-0.2, -0.15) is 4.98 Å². The van der Waals surface area contributed by atoms with Crippen LogP contribution in [-0.4, -0.2) is 104 Å². The number of hydrogen-bond acceptors (Lipinski definition) is 16. The van der Waals surface area contributed by atoms with Gasteiger partial charge in [-0.15, -0.1) is 0 Å². The van der Waals surface area contributed by atoms with E-state index in [1.807, 2.05) is 0 Å². The number of imidazole rings is 2. The summed E-state index contributed by atoms with van der Waals surface area (Å²) in [5, 5.41) is 9.85. The maximum atomic E-state index is 15.7. The number of rotatable bonds is 11. The summed E-state index contributed by atoms with van der Waals surface area (Å²) in [5.74, 6) is -0.141. The minimum Gasteiger partial charge on any atom is -0.394 e. The van der Waals surface area contributed by atoms with Crippen molar-refractivity contribution in [1.82, 2.24) is 39.0 Å². The number of aromatic nitrogens is 8. The molecule has 6 rings (SSSR count). The Morgan fingerprint density at radius 3 is 2.64 bits per heavy atom. The van der Waals surface area contributed by atoms with Crippen LogP contribution in [0.1, 0.15) is 18.9 Å². The molecule has 0 bridgehead atoms. The van der Waals surface area contributed by atoms with E-state index in [-0.39, 0.29) is 40.5 Å². The average molecular weight is 676 g/mol. The Labute approximate surface area is 250 Å². The zero-order chi connectivity index (χ0) is 32.0. The first kappa shape index (κ1) is 31.5. The van der Waals surface area contributed by atoms with Crippen molar-refractivity contribution in [3.8, 4) is 0 Å². The van der Waals surface area contributed by atoms with E-state index in [9.17, 15) is 28.8 Å². The topological polar surface area (TPSA) is 300 Å². The van der Waals surface area contributed by atoms with Crippen LogP contribution in [0.25, 0.3) is 22.3 Å². The fourth-order valence-corrected chi connectivity index (χ4v) is 6.44. The van der Waals surface area contributed by atoms with Crippen LogP contribution in [0, 0.1) is 0 Å². The van der Waals surface area contributed by atoms with Crippen molar-refractivity contribution in [3.05, 3.63) is 29.3 Å². The summed E-state index contributed by atoms with van der Waals surface area (Å²) in [6.45, 7) is -1.38. The largest absolute Gasteiger partial charge is 0.472 e. The van der Waals surface area contributed by atoms with Crippen LogP contribution in [0.4, 0.5) is 16.2 Å². The van der Waals surface area contributed by atoms with E-state index in [2.05, 4.69) is 29.9 Å². The zero-order valence-corrected chi connectivity index (χ0v) is 24.7. The van der Waals surface area contributed by atoms with Gasteiger partial charge in [0, 0.05) is 6.42 Å². The van der Waals surface area contributed by atoms with Gasteiger partial charge in [0.2, 0.25) is 14.0 Å². The number of halogens is 1. The molecular weight excluding hydrogens is 649 g/mol. The number of phosphoric acid groups is 1. The number of aliphatic hydroxyl groups excluding tert-OH is 1. The first-order valence-corrected chi connectivity index (χ1v) is 16.2. The summed E-state index contributed by atoms with van der Waals surface area (Å²) in [7, 11) is -8.13. The zero-order valence-electron chi connectivity index (χ0n) is 22.8. The molecule has 24 heteroatoms. The van der Waals surface area contributed by atoms with Crippen LogP contribution in [0.5, 0.6) is 0 Å². The van der Waals surface area contributed by atoms with Crippen molar-refractivity contribution in [2.24, 2.45) is 0 Å². The summed E-state index contributed by atoms with van der Waals surface area (Å²) in [4.78, 5) is 54.2. The number of anilines is 2. The maximum Gasteiger partial charge on any atom is 0.472 e. The predicted molar refractivity (Wildman–Crippen MR) is 148 cm³/mol. The number of nitrogens with two attached hydrogens (primary N) is 2. The number of aliphatic hydroxyl groups is 1. The van der Waals surface area contributed by atoms with Gasteiger partial charge in [0.25, 0.3) is 5.56 Å². The van der Waals surface area contributed by atoms with Gasteiger partial charge in [0.15, 0.2) is 35.0 Å². The molecule has 5 unspecified atom stereocenters. The molecule has 21 nitrogen and oxygen atoms in total. The monoisotopic (exact) mass is 676 g/mol. The van der Waals surface area contributed by atoms with E-state index in [0.29, 0.717) is 0 Å². The molecule has 0 saturated carbocycles. The summed E-state index contributed by atoms with van der Waals surface area (Å²) >= 11 is 0. The van der Waals surface area contributed by atoms with Crippen LogP contribution in [0.15, 0.2) is 23.8 Å². The van der Waals surface area contributed by atoms with E-state index < -0.39 is 84.0 Å². The summed E-state index contributed by atoms with van der Waals surface area (Å²) in [6.07, 6.45) is -6.77. The van der Waals surface area contributed by atoms with Gasteiger partial charge in [-0.1, -0.05) is 0 Å². The van der Waals surface area contributed by atoms with Crippen molar-refractivity contribution in [2.45, 2.75) is 49.5 Å². The number of hydrogen-bond donors (Lipinski definition) is 6. The van der Waals surface area contributed by atoms with Crippen molar-refractivity contribution in [3.63, 3.8) is 0 Å². The lowest BCUT2D eigenvalue weighted by Crippen LogP contribution is -2.34. The van der Waals surface area contributed by atoms with Crippen LogP contribution in [-0.2, 0) is 32.4 Å². The molecule has 4 aromatic heterocycles. The first-order chi connectivity index (χ1) is 21.5. The van der Waals surface area contributed by atoms with Crippen LogP contribution >= 0.6 is 15.9 Å². The molecular formula is C21H27FN10O11P2. The number of phosphoric ester groups is 1. The average Bonchev–Trinajstić information content (AvgIpc) is 3.75. The molecule has 2 fully saturated rings. The highest BCUT2D eigenvalue weighted by molar-refractivity contribution is 7.47. The molecule has 8 N–H and O–H groups in total. The van der Waals surface area contributed by atoms with Crippen molar-refractivity contribution < 1.29 is 51.7 Å². The fraction of sp³-hybridized carbons (Fsp3) is 0.524. The Morgan fingerprint density at radius 1 is 1.13 bits per heavy atom. The van der Waals surface area contributed by atoms with Gasteiger partial charge >= 0.3 is 7.82 Å². The first-order valence-electron chi connectivity index (χ1n) is 13.2. The van der Waals surface area contributed by atoms with Gasteiger partial charge in [-0.05, 0) is 0 Å². The minimum absolute atomic E-state index is 0.0299. The second-order valence-corrected chi connectivity index (χ2v) is 12.5. The molecule has 4 aromatic rings. The normalized spacial score (nSPS) is 29.0. The standard InChI is InChI=1S/C21H27FN10O11P2/c22-12-15(39-7-44(35)36)10(42-20(12)32-6-27-13-16(23)25-4-26-17(13)32)3-40-45(37,38)43-8-1-11(41-9(8)2-33)31-5-28-14-18(31)29-21(24)30-19(14)34/h4-6,8-12,15,20,33,44H,1-3,7H2,(H,35,36)(H,37,38)(H2,23,25,26)(H3,24,29,30,34)/t8?,9-,10-,11-,12?,15?,20-/m1/s1. The molecule has 244 valence electrons. The third-order valence-corrected chi connectivity index (χ3v) is 8.55. The van der Waals surface area contributed by atoms with Gasteiger partial charge in [0.1, 0.15) is 48.8 Å². The summed E-state index contributed by atoms with van der Waals surface area (Å²) in [6, 6.07) is 0. The van der Waals surface area contributed by atoms with E-state index in [1.165, 1.54) is 21.8 Å². The molecule has 0 spiro atoms. The molecule has 9 atom stereocenters. The lowest BCUT2D eigenvalue weighted by atomic mass is 10.1. The lowest BCUT2D eigenvalue weighted by Gasteiger charge is -2.23. The predicted octanol–water partition coefficient (Wildman–Crippen LogP) is -1.05. The maximum absolute atomic E-state index is 15.7. The van der Waals surface area contributed by atoms with Crippen molar-refractivity contribution >= 4 is 49.9 Å². The van der Waals surface area contributed by atoms with Gasteiger partial charge in [-0.3, -0.25) is 32.5 Å². The smallest absolute Gasteiger partial charge is 0.394 e. The van der Waals surface area contributed by atoms with Crippen molar-refractivity contribution in [2.75, 3.05) is 31.0 Å². The number of fused-ring (bicyclic) bond motifs is 2. The molecule has 45 heavy (non-hydrogen) atoms. The number of ether oxygens (including phenoxy) is 3. The number of H-pyrrole nitrogens is 1. The van der Waals surface area contributed by atoms with Crippen LogP contribution in [0.3, 0.4) is 0 Å². The molecule has 2 saturated heterocycles. The second kappa shape index (κ2) is 12.4. The van der Waals surface area contributed by atoms with Crippen LogP contribution < -0.4 is 17.0 Å². The number of nitrogens with one attached hydrogen (secondary N) is 1. The molecule has 0 amide bonds. The van der Waals surface area contributed by atoms with Gasteiger partial charge < -0.3 is 40.6 Å². The van der Waals surface area contributed by atoms with E-state index in [0.717, 1.165) is 6.33 Å². The highest BCUT2D eigenvalue weighted by atomic mass is 31.2. The molecule has 6 heterocycles. The Morgan fingerprint density at radius 2 is 1.89 bits per heavy atom. The SMILES string of the molecule is Nc1nc2c(ncn2[C@H]2CC(OP(=O)(O)OC[C@H]3O[C@@H](n4cnc5c(N)ncnc54)C(F)C3OC[PH](=O)O)[C@@H](CO)O2)c(=O)[nH]1. The quantitative estimate of drug-likeness (QED) is 0.103. The Bertz CT molecular complexity index is 1840. The fourth-order valence-electron chi connectivity index (χ4n) is 5.14. The van der Waals surface area contributed by atoms with Crippen molar-refractivity contribution in [1.29, 1.82) is 0 Å². The lowest BCUT2D eigenvalue weighted by molar-refractivity contribution is -0.0618. The number of aromatic amines is 1. The van der Waals surface area contributed by atoms with E-state index >= 15 is 4.39 Å². The Balaban J connectivity index is 1.16. The molecule has 0 aliphatic carbocycles. The number of nitrogen functional groups attached to an aromatic ring is 2. The molecule has 2 aliphatic heterocycles. The molecule has 0 radical (unpaired) electrons. The minimum atomic E-state index is -4.95. The second-order valence-electron chi connectivity index (χ2n) is 9.99. The van der Waals surface area contributed by atoms with E-state index in [1.54, 1.807) is 0 Å². The summed E-state index contributed by atoms with van der Waals surface area (Å²) in [5.41, 5.74) is 11.2. The third kappa shape index (κ3) is 6.21. The highest BCUT2D eigenvalue weighted by Gasteiger charge is 2.49. The Kier molecular flexibility index (Phi) is 8.69. The number of alkyl halides is 1. The highest BCUT2D eigenvalue weighted by Crippen LogP contribution is 2.49. The summed E-state index contributed by atoms with van der Waals surface area (Å²) < 4.78 is 69.9. The molecule has 0 aromatic carbocycles. The van der Waals surface area contributed by atoms with Gasteiger partial charge in [-0.25, -0.2) is 28.9 Å². The number of nitrogens with zero attached hydrogens (tertiary/aromatic N) is 7. The molecule has 2 aliphatic rings.